The second kappa shape index (κ2) is 3.85. The SMILES string of the molecule is Nc1ncnn2c(Br)cc(Cn3ccnc3)c12. The zero-order chi connectivity index (χ0) is 11.8. The lowest BCUT2D eigenvalue weighted by atomic mass is 10.2. The number of aromatic nitrogens is 5. The van der Waals surface area contributed by atoms with Crippen molar-refractivity contribution in [3.63, 3.8) is 0 Å². The molecule has 0 atom stereocenters. The molecule has 0 aliphatic carbocycles. The van der Waals surface area contributed by atoms with Gasteiger partial charge in [-0.1, -0.05) is 0 Å². The summed E-state index contributed by atoms with van der Waals surface area (Å²) in [6, 6.07) is 1.99. The molecule has 0 amide bonds. The van der Waals surface area contributed by atoms with Gasteiger partial charge in [0, 0.05) is 18.0 Å². The van der Waals surface area contributed by atoms with E-state index in [1.165, 1.54) is 6.33 Å². The smallest absolute Gasteiger partial charge is 0.151 e. The van der Waals surface area contributed by atoms with Crippen LogP contribution in [-0.2, 0) is 6.54 Å². The van der Waals surface area contributed by atoms with Crippen molar-refractivity contribution in [3.05, 3.63) is 41.3 Å². The molecule has 0 spiro atoms. The van der Waals surface area contributed by atoms with Gasteiger partial charge < -0.3 is 10.3 Å². The minimum atomic E-state index is 0.473. The zero-order valence-corrected chi connectivity index (χ0v) is 10.4. The van der Waals surface area contributed by atoms with E-state index in [0.29, 0.717) is 12.4 Å². The van der Waals surface area contributed by atoms with Crippen molar-refractivity contribution in [2.24, 2.45) is 0 Å². The number of hydrogen-bond acceptors (Lipinski definition) is 4. The summed E-state index contributed by atoms with van der Waals surface area (Å²) in [7, 11) is 0. The minimum absolute atomic E-state index is 0.473. The van der Waals surface area contributed by atoms with Crippen molar-refractivity contribution >= 4 is 27.3 Å². The van der Waals surface area contributed by atoms with Crippen LogP contribution in [0.3, 0.4) is 0 Å². The minimum Gasteiger partial charge on any atom is -0.382 e. The lowest BCUT2D eigenvalue weighted by Crippen LogP contribution is -2.02. The second-order valence-corrected chi connectivity index (χ2v) is 4.45. The van der Waals surface area contributed by atoms with Gasteiger partial charge in [-0.15, -0.1) is 0 Å². The molecule has 3 aromatic rings. The van der Waals surface area contributed by atoms with Crippen LogP contribution >= 0.6 is 15.9 Å². The van der Waals surface area contributed by atoms with Crippen molar-refractivity contribution in [3.8, 4) is 0 Å². The van der Waals surface area contributed by atoms with E-state index in [4.69, 9.17) is 5.73 Å². The van der Waals surface area contributed by atoms with E-state index >= 15 is 0 Å². The Kier molecular flexibility index (Phi) is 2.32. The van der Waals surface area contributed by atoms with E-state index in [1.807, 2.05) is 16.8 Å². The van der Waals surface area contributed by atoms with Crippen LogP contribution in [0.5, 0.6) is 0 Å². The van der Waals surface area contributed by atoms with Crippen molar-refractivity contribution in [2.75, 3.05) is 5.73 Å². The van der Waals surface area contributed by atoms with Gasteiger partial charge in [-0.05, 0) is 22.0 Å². The highest BCUT2D eigenvalue weighted by Gasteiger charge is 2.11. The van der Waals surface area contributed by atoms with Crippen molar-refractivity contribution in [2.45, 2.75) is 6.54 Å². The fourth-order valence-corrected chi connectivity index (χ4v) is 2.35. The van der Waals surface area contributed by atoms with Crippen LogP contribution in [-0.4, -0.2) is 24.1 Å². The number of hydrogen-bond donors (Lipinski definition) is 1. The monoisotopic (exact) mass is 292 g/mol. The highest BCUT2D eigenvalue weighted by molar-refractivity contribution is 9.10. The Labute approximate surface area is 105 Å². The van der Waals surface area contributed by atoms with Crippen molar-refractivity contribution in [1.29, 1.82) is 0 Å². The molecule has 0 aromatic carbocycles. The first kappa shape index (κ1) is 10.3. The number of nitrogens with two attached hydrogens (primary N) is 1. The van der Waals surface area contributed by atoms with E-state index in [9.17, 15) is 0 Å². The zero-order valence-electron chi connectivity index (χ0n) is 8.79. The number of imidazole rings is 1. The van der Waals surface area contributed by atoms with E-state index in [-0.39, 0.29) is 0 Å². The molecular formula is C10H9BrN6. The molecule has 17 heavy (non-hydrogen) atoms. The standard InChI is InChI=1S/C10H9BrN6/c11-8-3-7(4-16-2-1-13-6-16)9-10(12)14-5-15-17(8)9/h1-3,5-6H,4H2,(H2,12,14,15). The number of fused-ring (bicyclic) bond motifs is 1. The molecule has 0 fully saturated rings. The van der Waals surface area contributed by atoms with E-state index in [0.717, 1.165) is 15.7 Å². The molecule has 0 radical (unpaired) electrons. The third-order valence-corrected chi connectivity index (χ3v) is 3.10. The molecule has 3 rings (SSSR count). The normalized spacial score (nSPS) is 11.1. The van der Waals surface area contributed by atoms with Crippen LogP contribution in [0.15, 0.2) is 35.7 Å². The molecule has 0 saturated carbocycles. The Hall–Kier alpha value is -1.89. The summed E-state index contributed by atoms with van der Waals surface area (Å²) in [6.45, 7) is 0.687. The van der Waals surface area contributed by atoms with Gasteiger partial charge in [0.05, 0.1) is 12.9 Å². The maximum atomic E-state index is 5.88. The lowest BCUT2D eigenvalue weighted by molar-refractivity contribution is 0.800. The summed E-state index contributed by atoms with van der Waals surface area (Å²) in [5, 5.41) is 4.15. The number of halogens is 1. The summed E-state index contributed by atoms with van der Waals surface area (Å²) in [6.07, 6.45) is 6.84. The van der Waals surface area contributed by atoms with E-state index in [2.05, 4.69) is 31.0 Å². The van der Waals surface area contributed by atoms with Gasteiger partial charge in [-0.25, -0.2) is 14.5 Å². The van der Waals surface area contributed by atoms with Crippen LogP contribution in [0.4, 0.5) is 5.82 Å². The van der Waals surface area contributed by atoms with Gasteiger partial charge in [0.25, 0.3) is 0 Å². The molecular weight excluding hydrogens is 284 g/mol. The first-order chi connectivity index (χ1) is 8.25. The van der Waals surface area contributed by atoms with Gasteiger partial charge >= 0.3 is 0 Å². The summed E-state index contributed by atoms with van der Waals surface area (Å²) in [5.41, 5.74) is 7.76. The Morgan fingerprint density at radius 1 is 1.41 bits per heavy atom. The summed E-state index contributed by atoms with van der Waals surface area (Å²) in [5.74, 6) is 0.473. The lowest BCUT2D eigenvalue weighted by Gasteiger charge is -2.02. The maximum absolute atomic E-state index is 5.88. The molecule has 6 nitrogen and oxygen atoms in total. The molecule has 3 heterocycles. The van der Waals surface area contributed by atoms with Crippen LogP contribution in [0, 0.1) is 0 Å². The Balaban J connectivity index is 2.16. The molecule has 0 aliphatic heterocycles. The van der Waals surface area contributed by atoms with Crippen LogP contribution in [0.2, 0.25) is 0 Å². The van der Waals surface area contributed by atoms with Crippen molar-refractivity contribution in [1.82, 2.24) is 24.1 Å². The summed E-state index contributed by atoms with van der Waals surface area (Å²) >= 11 is 3.45. The quantitative estimate of drug-likeness (QED) is 0.773. The molecule has 0 bridgehead atoms. The van der Waals surface area contributed by atoms with Crippen LogP contribution in [0.25, 0.3) is 5.52 Å². The predicted molar refractivity (Wildman–Crippen MR) is 66.4 cm³/mol. The average Bonchev–Trinajstić information content (AvgIpc) is 2.90. The van der Waals surface area contributed by atoms with Gasteiger partial charge in [0.1, 0.15) is 16.4 Å². The fraction of sp³-hybridized carbons (Fsp3) is 0.100. The largest absolute Gasteiger partial charge is 0.382 e. The number of nitrogen functional groups attached to an aromatic ring is 1. The molecule has 0 aliphatic rings. The van der Waals surface area contributed by atoms with Crippen LogP contribution in [0.1, 0.15) is 5.56 Å². The third-order valence-electron chi connectivity index (χ3n) is 2.53. The molecule has 0 saturated heterocycles. The van der Waals surface area contributed by atoms with Gasteiger partial charge in [-0.2, -0.15) is 5.10 Å². The molecule has 2 N–H and O–H groups in total. The van der Waals surface area contributed by atoms with E-state index in [1.54, 1.807) is 17.0 Å². The third kappa shape index (κ3) is 1.68. The summed E-state index contributed by atoms with van der Waals surface area (Å²) < 4.78 is 4.56. The second-order valence-electron chi connectivity index (χ2n) is 3.63. The number of rotatable bonds is 2. The highest BCUT2D eigenvalue weighted by atomic mass is 79.9. The van der Waals surface area contributed by atoms with Crippen LogP contribution < -0.4 is 5.73 Å². The molecule has 0 unspecified atom stereocenters. The highest BCUT2D eigenvalue weighted by Crippen LogP contribution is 2.24. The fourth-order valence-electron chi connectivity index (χ4n) is 1.80. The van der Waals surface area contributed by atoms with Gasteiger partial charge in [0.2, 0.25) is 0 Å². The predicted octanol–water partition coefficient (Wildman–Crippen LogP) is 1.32. The van der Waals surface area contributed by atoms with E-state index < -0.39 is 0 Å². The first-order valence-electron chi connectivity index (χ1n) is 4.98. The maximum Gasteiger partial charge on any atom is 0.151 e. The Morgan fingerprint density at radius 3 is 3.06 bits per heavy atom. The Morgan fingerprint density at radius 2 is 2.29 bits per heavy atom. The molecule has 3 aromatic heterocycles. The number of anilines is 1. The molecule has 86 valence electrons. The Bertz CT molecular complexity index is 657. The molecule has 7 heteroatoms. The van der Waals surface area contributed by atoms with Crippen molar-refractivity contribution < 1.29 is 0 Å². The van der Waals surface area contributed by atoms with Gasteiger partial charge in [0.15, 0.2) is 5.82 Å². The topological polar surface area (TPSA) is 74.0 Å². The average molecular weight is 293 g/mol. The first-order valence-corrected chi connectivity index (χ1v) is 5.77. The van der Waals surface area contributed by atoms with Gasteiger partial charge in [-0.3, -0.25) is 0 Å². The number of nitrogens with zero attached hydrogens (tertiary/aromatic N) is 5. The summed E-state index contributed by atoms with van der Waals surface area (Å²) in [4.78, 5) is 8.02.